The largest absolute Gasteiger partial charge is 0.313 e. The Balaban J connectivity index is 1.54. The number of aromatic nitrogens is 1. The quantitative estimate of drug-likeness (QED) is 0.902. The van der Waals surface area contributed by atoms with Gasteiger partial charge in [-0.2, -0.15) is 0 Å². The number of nitrogens with zero attached hydrogens (tertiary/aromatic N) is 1. The van der Waals surface area contributed by atoms with E-state index >= 15 is 0 Å². The number of fused-ring (bicyclic) bond motifs is 2. The highest BCUT2D eigenvalue weighted by molar-refractivity contribution is 7.18. The molecule has 3 atom stereocenters. The van der Waals surface area contributed by atoms with Crippen molar-refractivity contribution < 1.29 is 0 Å². The van der Waals surface area contributed by atoms with Crippen LogP contribution in [0.25, 0.3) is 10.2 Å². The summed E-state index contributed by atoms with van der Waals surface area (Å²) in [5.74, 6) is 1.87. The fourth-order valence-electron chi connectivity index (χ4n) is 4.15. The Morgan fingerprint density at radius 1 is 1.15 bits per heavy atom. The minimum absolute atomic E-state index is 0.662. The second-order valence-corrected chi connectivity index (χ2v) is 7.45. The van der Waals surface area contributed by atoms with E-state index in [4.69, 9.17) is 4.98 Å². The number of hydrogen-bond donors (Lipinski definition) is 1. The molecule has 2 fully saturated rings. The van der Waals surface area contributed by atoms with Crippen molar-refractivity contribution in [3.8, 4) is 0 Å². The fourth-order valence-corrected chi connectivity index (χ4v) is 5.17. The molecule has 1 aromatic heterocycles. The van der Waals surface area contributed by atoms with Crippen molar-refractivity contribution >= 4 is 21.6 Å². The van der Waals surface area contributed by atoms with Gasteiger partial charge in [0.25, 0.3) is 0 Å². The average Bonchev–Trinajstić information content (AvgIpc) is 2.90. The maximum absolute atomic E-state index is 4.82. The van der Waals surface area contributed by atoms with Gasteiger partial charge in [0.2, 0.25) is 0 Å². The molecule has 2 aromatic rings. The third kappa shape index (κ3) is 2.38. The first-order chi connectivity index (χ1) is 9.90. The van der Waals surface area contributed by atoms with Crippen molar-refractivity contribution in [2.75, 3.05) is 6.54 Å². The van der Waals surface area contributed by atoms with E-state index in [0.717, 1.165) is 18.3 Å². The van der Waals surface area contributed by atoms with Gasteiger partial charge in [0.1, 0.15) is 0 Å². The Kier molecular flexibility index (Phi) is 3.49. The monoisotopic (exact) mass is 286 g/mol. The first kappa shape index (κ1) is 12.8. The van der Waals surface area contributed by atoms with Crippen LogP contribution in [0.5, 0.6) is 0 Å². The highest BCUT2D eigenvalue weighted by Crippen LogP contribution is 2.38. The normalized spacial score (nSPS) is 30.3. The molecule has 4 rings (SSSR count). The molecular weight excluding hydrogens is 264 g/mol. The molecule has 2 aliphatic rings. The van der Waals surface area contributed by atoms with Crippen molar-refractivity contribution in [2.45, 2.75) is 44.6 Å². The van der Waals surface area contributed by atoms with E-state index < -0.39 is 0 Å². The molecule has 1 aliphatic carbocycles. The molecule has 2 nitrogen and oxygen atoms in total. The molecular formula is C17H22N2S. The summed E-state index contributed by atoms with van der Waals surface area (Å²) >= 11 is 1.88. The van der Waals surface area contributed by atoms with Gasteiger partial charge in [-0.1, -0.05) is 31.4 Å². The predicted octanol–water partition coefficient (Wildman–Crippen LogP) is 4.01. The zero-order chi connectivity index (χ0) is 13.4. The molecule has 20 heavy (non-hydrogen) atoms. The van der Waals surface area contributed by atoms with E-state index in [1.807, 2.05) is 11.3 Å². The summed E-state index contributed by atoms with van der Waals surface area (Å²) in [6.45, 7) is 1.21. The Hall–Kier alpha value is -0.930. The van der Waals surface area contributed by atoms with Crippen LogP contribution in [0.1, 0.15) is 37.1 Å². The van der Waals surface area contributed by atoms with E-state index in [-0.39, 0.29) is 0 Å². The summed E-state index contributed by atoms with van der Waals surface area (Å²) < 4.78 is 1.33. The highest BCUT2D eigenvalue weighted by Gasteiger charge is 2.34. The van der Waals surface area contributed by atoms with Gasteiger partial charge in [-0.05, 0) is 43.4 Å². The molecule has 1 aromatic carbocycles. The van der Waals surface area contributed by atoms with Crippen molar-refractivity contribution in [1.82, 2.24) is 10.3 Å². The number of hydrogen-bond acceptors (Lipinski definition) is 3. The van der Waals surface area contributed by atoms with E-state index in [1.54, 1.807) is 0 Å². The first-order valence-corrected chi connectivity index (χ1v) is 8.79. The van der Waals surface area contributed by atoms with Crippen molar-refractivity contribution in [1.29, 1.82) is 0 Å². The van der Waals surface area contributed by atoms with Crippen LogP contribution in [-0.2, 0) is 6.42 Å². The Labute approximate surface area is 124 Å². The molecule has 1 saturated heterocycles. The molecule has 0 spiro atoms. The Bertz CT molecular complexity index is 556. The molecule has 106 valence electrons. The number of thiazole rings is 1. The molecule has 1 aliphatic heterocycles. The minimum atomic E-state index is 0.662. The summed E-state index contributed by atoms with van der Waals surface area (Å²) in [7, 11) is 0. The number of piperidine rings is 1. The minimum Gasteiger partial charge on any atom is -0.313 e. The van der Waals surface area contributed by atoms with Gasteiger partial charge < -0.3 is 5.32 Å². The fraction of sp³-hybridized carbons (Fsp3) is 0.588. The van der Waals surface area contributed by atoms with Crippen LogP contribution in [0, 0.1) is 11.8 Å². The zero-order valence-corrected chi connectivity index (χ0v) is 12.7. The van der Waals surface area contributed by atoms with Gasteiger partial charge in [-0.25, -0.2) is 4.98 Å². The average molecular weight is 286 g/mol. The van der Waals surface area contributed by atoms with Crippen LogP contribution >= 0.6 is 11.3 Å². The lowest BCUT2D eigenvalue weighted by atomic mass is 9.71. The molecule has 0 amide bonds. The maximum Gasteiger partial charge on any atom is 0.0954 e. The van der Waals surface area contributed by atoms with Crippen molar-refractivity contribution in [2.24, 2.45) is 11.8 Å². The number of benzene rings is 1. The molecule has 0 unspecified atom stereocenters. The first-order valence-electron chi connectivity index (χ1n) is 7.98. The summed E-state index contributed by atoms with van der Waals surface area (Å²) in [5, 5.41) is 5.09. The molecule has 3 heteroatoms. The predicted molar refractivity (Wildman–Crippen MR) is 85.2 cm³/mol. The summed E-state index contributed by atoms with van der Waals surface area (Å²) in [4.78, 5) is 4.82. The highest BCUT2D eigenvalue weighted by atomic mass is 32.1. The second kappa shape index (κ2) is 5.45. The lowest BCUT2D eigenvalue weighted by Gasteiger charge is -2.41. The van der Waals surface area contributed by atoms with E-state index in [9.17, 15) is 0 Å². The number of rotatable bonds is 2. The van der Waals surface area contributed by atoms with Gasteiger partial charge >= 0.3 is 0 Å². The summed E-state index contributed by atoms with van der Waals surface area (Å²) in [6, 6.07) is 9.18. The molecule has 1 N–H and O–H groups in total. The third-order valence-electron chi connectivity index (χ3n) is 5.14. The van der Waals surface area contributed by atoms with Gasteiger partial charge in [-0.3, -0.25) is 0 Å². The van der Waals surface area contributed by atoms with Crippen LogP contribution in [0.3, 0.4) is 0 Å². The molecule has 2 heterocycles. The van der Waals surface area contributed by atoms with Gasteiger partial charge in [0.05, 0.1) is 15.2 Å². The Morgan fingerprint density at radius 2 is 2.05 bits per heavy atom. The van der Waals surface area contributed by atoms with Crippen LogP contribution in [0.4, 0.5) is 0 Å². The van der Waals surface area contributed by atoms with Gasteiger partial charge in [0, 0.05) is 12.5 Å². The van der Waals surface area contributed by atoms with Gasteiger partial charge in [0.15, 0.2) is 0 Å². The van der Waals surface area contributed by atoms with E-state index in [0.29, 0.717) is 6.04 Å². The number of nitrogens with one attached hydrogen (secondary N) is 1. The molecule has 0 radical (unpaired) electrons. The lowest BCUT2D eigenvalue weighted by Crippen LogP contribution is -2.48. The SMILES string of the molecule is c1ccc2sc(C[C@@H]3NCC[C@@H]4CCCC[C@@H]43)nc2c1. The van der Waals surface area contributed by atoms with E-state index in [2.05, 4.69) is 29.6 Å². The van der Waals surface area contributed by atoms with Crippen molar-refractivity contribution in [3.63, 3.8) is 0 Å². The lowest BCUT2D eigenvalue weighted by molar-refractivity contribution is 0.133. The second-order valence-electron chi connectivity index (χ2n) is 6.34. The topological polar surface area (TPSA) is 24.9 Å². The maximum atomic E-state index is 4.82. The zero-order valence-electron chi connectivity index (χ0n) is 11.8. The van der Waals surface area contributed by atoms with Crippen LogP contribution < -0.4 is 5.32 Å². The standard InChI is InChI=1S/C17H22N2S/c1-2-6-13-12(5-1)9-10-18-15(13)11-17-19-14-7-3-4-8-16(14)20-17/h3-4,7-8,12-13,15,18H,1-2,5-6,9-11H2/t12-,13-,15-/m0/s1. The van der Waals surface area contributed by atoms with Gasteiger partial charge in [-0.15, -0.1) is 11.3 Å². The van der Waals surface area contributed by atoms with Crippen molar-refractivity contribution in [3.05, 3.63) is 29.3 Å². The third-order valence-corrected chi connectivity index (χ3v) is 6.20. The number of para-hydroxylation sites is 1. The summed E-state index contributed by atoms with van der Waals surface area (Å²) in [5.41, 5.74) is 1.17. The van der Waals surface area contributed by atoms with Crippen LogP contribution in [0.15, 0.2) is 24.3 Å². The van der Waals surface area contributed by atoms with Crippen LogP contribution in [-0.4, -0.2) is 17.6 Å². The van der Waals surface area contributed by atoms with E-state index in [1.165, 1.54) is 53.9 Å². The summed E-state index contributed by atoms with van der Waals surface area (Å²) in [6.07, 6.45) is 8.28. The van der Waals surface area contributed by atoms with Crippen LogP contribution in [0.2, 0.25) is 0 Å². The smallest absolute Gasteiger partial charge is 0.0954 e. The molecule has 1 saturated carbocycles. The Morgan fingerprint density at radius 3 is 3.00 bits per heavy atom. The molecule has 0 bridgehead atoms.